The molecular weight excluding hydrogens is 276 g/mol. The number of hydrogen-bond donors (Lipinski definition) is 4. The van der Waals surface area contributed by atoms with Crippen LogP contribution in [-0.4, -0.2) is 38.0 Å². The summed E-state index contributed by atoms with van der Waals surface area (Å²) in [6.45, 7) is 2.86. The molecule has 1 aromatic carbocycles. The lowest BCUT2D eigenvalue weighted by Gasteiger charge is -2.29. The summed E-state index contributed by atoms with van der Waals surface area (Å²) in [6, 6.07) is 4.78. The molecule has 1 atom stereocenters. The van der Waals surface area contributed by atoms with Crippen molar-refractivity contribution in [3.05, 3.63) is 34.2 Å². The van der Waals surface area contributed by atoms with Crippen molar-refractivity contribution in [2.45, 2.75) is 18.5 Å². The summed E-state index contributed by atoms with van der Waals surface area (Å²) < 4.78 is 0. The van der Waals surface area contributed by atoms with Crippen LogP contribution in [0.3, 0.4) is 0 Å². The summed E-state index contributed by atoms with van der Waals surface area (Å²) in [5.74, 6) is 0. The van der Waals surface area contributed by atoms with E-state index in [1.165, 1.54) is 10.4 Å². The molecule has 1 saturated heterocycles. The van der Waals surface area contributed by atoms with Crippen molar-refractivity contribution in [1.29, 1.82) is 0 Å². The van der Waals surface area contributed by atoms with Gasteiger partial charge in [0.25, 0.3) is 0 Å². The predicted molar refractivity (Wildman–Crippen MR) is 88.5 cm³/mol. The Morgan fingerprint density at radius 1 is 1.23 bits per heavy atom. The summed E-state index contributed by atoms with van der Waals surface area (Å²) in [6.07, 6.45) is 8.14. The number of hydrogen-bond acceptors (Lipinski definition) is 5. The Kier molecular flexibility index (Phi) is 3.35. The minimum absolute atomic E-state index is 0.0875. The number of carbonyl (C=O) groups excluding carboxylic acids is 1. The molecule has 0 spiro atoms. The molecule has 5 nitrogen and oxygen atoms in total. The van der Waals surface area contributed by atoms with Gasteiger partial charge in [0.05, 0.1) is 12.1 Å². The van der Waals surface area contributed by atoms with Crippen LogP contribution in [-0.2, 0) is 4.79 Å². The van der Waals surface area contributed by atoms with Crippen molar-refractivity contribution < 1.29 is 4.79 Å². The first-order valence-corrected chi connectivity index (χ1v) is 7.81. The fraction of sp³-hybridized carbons (Fsp3) is 0.353. The molecule has 0 amide bonds. The molecule has 3 heterocycles. The standard InChI is InChI=1S/C17H20N4O/c22-10-13-1-2-16(20-13)12-5-11-3-4-18-9-15(11)17(6-12)21-14-7-19-8-14/h2-3,5-6,9-10,13-14,18-21H,1,4,7-8H2. The van der Waals surface area contributed by atoms with Crippen LogP contribution < -0.4 is 31.7 Å². The molecule has 0 aliphatic carbocycles. The van der Waals surface area contributed by atoms with Crippen molar-refractivity contribution in [2.75, 3.05) is 25.0 Å². The Morgan fingerprint density at radius 3 is 2.86 bits per heavy atom. The van der Waals surface area contributed by atoms with E-state index in [4.69, 9.17) is 0 Å². The van der Waals surface area contributed by atoms with Crippen LogP contribution in [0.4, 0.5) is 5.69 Å². The van der Waals surface area contributed by atoms with Gasteiger partial charge in [-0.05, 0) is 29.3 Å². The molecule has 0 bridgehead atoms. The SMILES string of the molecule is O=CC1CC=C(c2cc(NC3CNC3)c3c(c2)=CCNC=3)N1. The summed E-state index contributed by atoms with van der Waals surface area (Å²) in [4.78, 5) is 10.9. The first-order valence-electron chi connectivity index (χ1n) is 7.81. The highest BCUT2D eigenvalue weighted by Crippen LogP contribution is 2.20. The molecule has 22 heavy (non-hydrogen) atoms. The smallest absolute Gasteiger partial charge is 0.142 e. The topological polar surface area (TPSA) is 65.2 Å². The molecule has 4 N–H and O–H groups in total. The maximum Gasteiger partial charge on any atom is 0.142 e. The second-order valence-electron chi connectivity index (χ2n) is 6.02. The lowest BCUT2D eigenvalue weighted by atomic mass is 10.0. The Hall–Kier alpha value is -2.27. The summed E-state index contributed by atoms with van der Waals surface area (Å²) in [7, 11) is 0. The largest absolute Gasteiger partial charge is 0.387 e. The zero-order chi connectivity index (χ0) is 14.9. The Labute approximate surface area is 129 Å². The van der Waals surface area contributed by atoms with Crippen LogP contribution >= 0.6 is 0 Å². The first kappa shape index (κ1) is 13.4. The summed E-state index contributed by atoms with van der Waals surface area (Å²) >= 11 is 0. The molecule has 114 valence electrons. The molecule has 0 aromatic heterocycles. The zero-order valence-electron chi connectivity index (χ0n) is 12.4. The highest BCUT2D eigenvalue weighted by molar-refractivity contribution is 5.75. The van der Waals surface area contributed by atoms with Crippen LogP contribution in [0, 0.1) is 0 Å². The third kappa shape index (κ3) is 2.37. The molecule has 3 aliphatic heterocycles. The molecule has 3 aliphatic rings. The van der Waals surface area contributed by atoms with Gasteiger partial charge in [0.15, 0.2) is 0 Å². The number of nitrogens with one attached hydrogen (secondary N) is 4. The fourth-order valence-corrected chi connectivity index (χ4v) is 3.07. The molecule has 0 radical (unpaired) electrons. The minimum atomic E-state index is -0.0875. The zero-order valence-corrected chi connectivity index (χ0v) is 12.4. The van der Waals surface area contributed by atoms with Crippen LogP contribution in [0.15, 0.2) is 18.2 Å². The van der Waals surface area contributed by atoms with E-state index >= 15 is 0 Å². The summed E-state index contributed by atoms with van der Waals surface area (Å²) in [5, 5.41) is 15.9. The van der Waals surface area contributed by atoms with E-state index < -0.39 is 0 Å². The highest BCUT2D eigenvalue weighted by Gasteiger charge is 2.19. The molecule has 1 fully saturated rings. The highest BCUT2D eigenvalue weighted by atomic mass is 16.1. The quantitative estimate of drug-likeness (QED) is 0.542. The van der Waals surface area contributed by atoms with Crippen LogP contribution in [0.5, 0.6) is 0 Å². The van der Waals surface area contributed by atoms with E-state index in [-0.39, 0.29) is 6.04 Å². The fourth-order valence-electron chi connectivity index (χ4n) is 3.07. The van der Waals surface area contributed by atoms with Gasteiger partial charge in [0.1, 0.15) is 6.29 Å². The predicted octanol–water partition coefficient (Wildman–Crippen LogP) is -0.906. The van der Waals surface area contributed by atoms with Crippen molar-refractivity contribution in [2.24, 2.45) is 0 Å². The van der Waals surface area contributed by atoms with Crippen molar-refractivity contribution in [3.8, 4) is 0 Å². The normalized spacial score (nSPS) is 22.9. The molecule has 1 aromatic rings. The number of fused-ring (bicyclic) bond motifs is 1. The number of carbonyl (C=O) groups is 1. The van der Waals surface area contributed by atoms with E-state index in [2.05, 4.69) is 51.8 Å². The Balaban J connectivity index is 1.74. The molecule has 4 rings (SSSR count). The van der Waals surface area contributed by atoms with Gasteiger partial charge in [-0.15, -0.1) is 0 Å². The lowest BCUT2D eigenvalue weighted by Crippen LogP contribution is -2.52. The maximum absolute atomic E-state index is 10.9. The van der Waals surface area contributed by atoms with E-state index in [0.717, 1.165) is 49.3 Å². The molecule has 0 saturated carbocycles. The van der Waals surface area contributed by atoms with E-state index in [1.54, 1.807) is 0 Å². The van der Waals surface area contributed by atoms with Gasteiger partial charge in [-0.1, -0.05) is 12.2 Å². The molecule has 1 unspecified atom stereocenters. The van der Waals surface area contributed by atoms with Crippen molar-refractivity contribution in [1.82, 2.24) is 16.0 Å². The van der Waals surface area contributed by atoms with E-state index in [1.807, 2.05) is 0 Å². The number of aldehydes is 1. The second kappa shape index (κ2) is 5.50. The van der Waals surface area contributed by atoms with Gasteiger partial charge in [0.2, 0.25) is 0 Å². The van der Waals surface area contributed by atoms with Crippen molar-refractivity contribution in [3.63, 3.8) is 0 Å². The van der Waals surface area contributed by atoms with Crippen LogP contribution in [0.25, 0.3) is 18.0 Å². The number of anilines is 1. The average Bonchev–Trinajstić information content (AvgIpc) is 2.99. The van der Waals surface area contributed by atoms with E-state index in [0.29, 0.717) is 6.04 Å². The molecular formula is C17H20N4O. The third-order valence-corrected chi connectivity index (χ3v) is 4.43. The van der Waals surface area contributed by atoms with Crippen LogP contribution in [0.2, 0.25) is 0 Å². The van der Waals surface area contributed by atoms with Gasteiger partial charge in [-0.2, -0.15) is 0 Å². The lowest BCUT2D eigenvalue weighted by molar-refractivity contribution is -0.109. The maximum atomic E-state index is 10.9. The average molecular weight is 296 g/mol. The van der Waals surface area contributed by atoms with Gasteiger partial charge in [-0.25, -0.2) is 0 Å². The first-order chi connectivity index (χ1) is 10.8. The van der Waals surface area contributed by atoms with Gasteiger partial charge >= 0.3 is 0 Å². The Bertz CT molecular complexity index is 749. The van der Waals surface area contributed by atoms with Gasteiger partial charge < -0.3 is 26.1 Å². The van der Waals surface area contributed by atoms with Gasteiger partial charge in [0, 0.05) is 42.4 Å². The number of benzene rings is 1. The third-order valence-electron chi connectivity index (χ3n) is 4.43. The van der Waals surface area contributed by atoms with Gasteiger partial charge in [-0.3, -0.25) is 0 Å². The van der Waals surface area contributed by atoms with Crippen LogP contribution in [0.1, 0.15) is 12.0 Å². The monoisotopic (exact) mass is 296 g/mol. The Morgan fingerprint density at radius 2 is 2.14 bits per heavy atom. The van der Waals surface area contributed by atoms with E-state index in [9.17, 15) is 4.79 Å². The summed E-state index contributed by atoms with van der Waals surface area (Å²) in [5.41, 5.74) is 3.35. The second-order valence-corrected chi connectivity index (χ2v) is 6.02. The molecule has 5 heteroatoms. The number of rotatable bonds is 4. The minimum Gasteiger partial charge on any atom is -0.387 e. The van der Waals surface area contributed by atoms with Crippen molar-refractivity contribution >= 4 is 29.9 Å².